The van der Waals surface area contributed by atoms with Gasteiger partial charge >= 0.3 is 6.18 Å². The molecule has 0 aliphatic carbocycles. The molecule has 1 N–H and O–H groups in total. The second kappa shape index (κ2) is 6.66. The van der Waals surface area contributed by atoms with E-state index >= 15 is 0 Å². The lowest BCUT2D eigenvalue weighted by atomic mass is 9.98. The number of alkyl halides is 3. The lowest BCUT2D eigenvalue weighted by Crippen LogP contribution is -2.20. The zero-order chi connectivity index (χ0) is 17.2. The number of aromatic amines is 1. The number of carbonyl (C=O) groups is 1. The van der Waals surface area contributed by atoms with Gasteiger partial charge in [0, 0.05) is 24.6 Å². The topological polar surface area (TPSA) is 54.9 Å². The van der Waals surface area contributed by atoms with Crippen LogP contribution >= 0.6 is 11.8 Å². The zero-order valence-electron chi connectivity index (χ0n) is 12.5. The van der Waals surface area contributed by atoms with Crippen molar-refractivity contribution in [2.24, 2.45) is 7.05 Å². The summed E-state index contributed by atoms with van der Waals surface area (Å²) in [6.45, 7) is 1.88. The van der Waals surface area contributed by atoms with E-state index in [2.05, 4.69) is 5.10 Å². The third-order valence-corrected chi connectivity index (χ3v) is 4.24. The Bertz CT molecular complexity index is 778. The maximum absolute atomic E-state index is 12.9. The van der Waals surface area contributed by atoms with Gasteiger partial charge in [-0.05, 0) is 23.4 Å². The van der Waals surface area contributed by atoms with Gasteiger partial charge in [0.1, 0.15) is 5.56 Å². The van der Waals surface area contributed by atoms with Gasteiger partial charge < -0.3 is 5.10 Å². The minimum Gasteiger partial charge on any atom is -0.302 e. The van der Waals surface area contributed by atoms with E-state index in [0.717, 1.165) is 22.9 Å². The first-order chi connectivity index (χ1) is 10.8. The van der Waals surface area contributed by atoms with Gasteiger partial charge in [-0.1, -0.05) is 13.0 Å². The summed E-state index contributed by atoms with van der Waals surface area (Å²) >= 11 is 1.41. The minimum absolute atomic E-state index is 0.0880. The molecule has 1 aromatic carbocycles. The molecule has 2 aromatic rings. The molecule has 0 aliphatic rings. The van der Waals surface area contributed by atoms with Crippen LogP contribution in [0.5, 0.6) is 0 Å². The van der Waals surface area contributed by atoms with Gasteiger partial charge in [0.05, 0.1) is 5.56 Å². The number of nitrogens with one attached hydrogen (secondary N) is 1. The molecule has 0 bridgehead atoms. The average molecular weight is 344 g/mol. The van der Waals surface area contributed by atoms with E-state index in [1.807, 2.05) is 6.92 Å². The van der Waals surface area contributed by atoms with Crippen molar-refractivity contribution < 1.29 is 18.0 Å². The van der Waals surface area contributed by atoms with Crippen molar-refractivity contribution in [2.45, 2.75) is 18.9 Å². The second-order valence-corrected chi connectivity index (χ2v) is 6.16. The molecule has 1 aromatic heterocycles. The van der Waals surface area contributed by atoms with E-state index in [1.54, 1.807) is 0 Å². The Hall–Kier alpha value is -1.96. The first-order valence-electron chi connectivity index (χ1n) is 6.82. The van der Waals surface area contributed by atoms with Crippen LogP contribution in [0.25, 0.3) is 0 Å². The Balaban J connectivity index is 2.50. The predicted molar refractivity (Wildman–Crippen MR) is 82.7 cm³/mol. The van der Waals surface area contributed by atoms with Gasteiger partial charge in [-0.2, -0.15) is 24.9 Å². The van der Waals surface area contributed by atoms with Crippen molar-refractivity contribution >= 4 is 17.5 Å². The largest absolute Gasteiger partial charge is 0.416 e. The molecule has 0 aliphatic heterocycles. The van der Waals surface area contributed by atoms with Crippen molar-refractivity contribution in [1.29, 1.82) is 0 Å². The van der Waals surface area contributed by atoms with E-state index in [4.69, 9.17) is 0 Å². The Labute approximate surface area is 134 Å². The number of hydrogen-bond acceptors (Lipinski definition) is 3. The standard InChI is InChI=1S/C15H15F3N2O2S/c1-3-23-8-9-6-10(15(16,17)18)4-5-11(9)13(21)12-7-19-20(2)14(12)22/h4-7,19H,3,8H2,1-2H3. The minimum atomic E-state index is -4.47. The van der Waals surface area contributed by atoms with Gasteiger partial charge in [0.2, 0.25) is 0 Å². The third kappa shape index (κ3) is 3.69. The summed E-state index contributed by atoms with van der Waals surface area (Å²) in [5.41, 5.74) is -1.00. The quantitative estimate of drug-likeness (QED) is 0.848. The number of rotatable bonds is 5. The smallest absolute Gasteiger partial charge is 0.302 e. The molecule has 4 nitrogen and oxygen atoms in total. The summed E-state index contributed by atoms with van der Waals surface area (Å²) in [5.74, 6) is 0.398. The molecule has 0 amide bonds. The van der Waals surface area contributed by atoms with Crippen LogP contribution in [0.3, 0.4) is 0 Å². The first kappa shape index (κ1) is 17.4. The Morgan fingerprint density at radius 3 is 2.52 bits per heavy atom. The van der Waals surface area contributed by atoms with Crippen LogP contribution < -0.4 is 5.56 Å². The van der Waals surface area contributed by atoms with Crippen LogP contribution in [-0.2, 0) is 19.0 Å². The van der Waals surface area contributed by atoms with Crippen LogP contribution in [0.1, 0.15) is 34.0 Å². The molecule has 2 rings (SSSR count). The van der Waals surface area contributed by atoms with Crippen molar-refractivity contribution in [3.05, 3.63) is 57.0 Å². The number of aromatic nitrogens is 2. The molecule has 8 heteroatoms. The van der Waals surface area contributed by atoms with Gasteiger partial charge in [0.25, 0.3) is 5.56 Å². The molecule has 0 spiro atoms. The van der Waals surface area contributed by atoms with Crippen LogP contribution in [0.2, 0.25) is 0 Å². The van der Waals surface area contributed by atoms with E-state index in [9.17, 15) is 22.8 Å². The predicted octanol–water partition coefficient (Wildman–Crippen LogP) is 3.22. The Morgan fingerprint density at radius 2 is 2.00 bits per heavy atom. The number of benzene rings is 1. The Kier molecular flexibility index (Phi) is 5.03. The maximum atomic E-state index is 12.9. The molecule has 0 radical (unpaired) electrons. The average Bonchev–Trinajstić information content (AvgIpc) is 2.83. The molecular weight excluding hydrogens is 329 g/mol. The summed E-state index contributed by atoms with van der Waals surface area (Å²) in [6, 6.07) is 2.99. The monoisotopic (exact) mass is 344 g/mol. The third-order valence-electron chi connectivity index (χ3n) is 3.32. The van der Waals surface area contributed by atoms with Crippen LogP contribution in [0.15, 0.2) is 29.2 Å². The van der Waals surface area contributed by atoms with Crippen molar-refractivity contribution in [3.8, 4) is 0 Å². The van der Waals surface area contributed by atoms with Crippen LogP contribution in [0, 0.1) is 0 Å². The maximum Gasteiger partial charge on any atom is 0.416 e. The number of halogens is 3. The van der Waals surface area contributed by atoms with Crippen LogP contribution in [0.4, 0.5) is 13.2 Å². The molecule has 0 saturated heterocycles. The highest BCUT2D eigenvalue weighted by Gasteiger charge is 2.31. The molecule has 124 valence electrons. The summed E-state index contributed by atoms with van der Waals surface area (Å²) in [6.07, 6.45) is -3.21. The number of aryl methyl sites for hydroxylation is 1. The second-order valence-electron chi connectivity index (χ2n) is 4.89. The summed E-state index contributed by atoms with van der Waals surface area (Å²) in [4.78, 5) is 24.4. The number of thioether (sulfide) groups is 1. The molecular formula is C15H15F3N2O2S. The number of hydrogen-bond donors (Lipinski definition) is 1. The number of carbonyl (C=O) groups excluding carboxylic acids is 1. The molecule has 0 fully saturated rings. The van der Waals surface area contributed by atoms with E-state index in [1.165, 1.54) is 25.0 Å². The van der Waals surface area contributed by atoms with E-state index in [0.29, 0.717) is 5.75 Å². The number of H-pyrrole nitrogens is 1. The highest BCUT2D eigenvalue weighted by atomic mass is 32.2. The summed E-state index contributed by atoms with van der Waals surface area (Å²) in [7, 11) is 1.46. The lowest BCUT2D eigenvalue weighted by molar-refractivity contribution is -0.137. The van der Waals surface area contributed by atoms with Crippen LogP contribution in [-0.4, -0.2) is 21.3 Å². The van der Waals surface area contributed by atoms with Crippen molar-refractivity contribution in [3.63, 3.8) is 0 Å². The van der Waals surface area contributed by atoms with Gasteiger partial charge in [-0.25, -0.2) is 0 Å². The van der Waals surface area contributed by atoms with Crippen molar-refractivity contribution in [2.75, 3.05) is 5.75 Å². The van der Waals surface area contributed by atoms with E-state index in [-0.39, 0.29) is 22.4 Å². The lowest BCUT2D eigenvalue weighted by Gasteiger charge is -2.12. The normalized spacial score (nSPS) is 11.7. The van der Waals surface area contributed by atoms with Crippen molar-refractivity contribution in [1.82, 2.24) is 9.78 Å². The molecule has 1 heterocycles. The summed E-state index contributed by atoms with van der Waals surface area (Å²) in [5, 5.41) is 2.58. The summed E-state index contributed by atoms with van der Waals surface area (Å²) < 4.78 is 39.7. The zero-order valence-corrected chi connectivity index (χ0v) is 13.3. The number of nitrogens with zero attached hydrogens (tertiary/aromatic N) is 1. The fourth-order valence-corrected chi connectivity index (χ4v) is 2.76. The van der Waals surface area contributed by atoms with Gasteiger partial charge in [0.15, 0.2) is 5.78 Å². The van der Waals surface area contributed by atoms with Gasteiger partial charge in [-0.15, -0.1) is 0 Å². The Morgan fingerprint density at radius 1 is 1.30 bits per heavy atom. The van der Waals surface area contributed by atoms with Gasteiger partial charge in [-0.3, -0.25) is 14.3 Å². The fraction of sp³-hybridized carbons (Fsp3) is 0.333. The van der Waals surface area contributed by atoms with E-state index < -0.39 is 23.1 Å². The highest BCUT2D eigenvalue weighted by molar-refractivity contribution is 7.98. The molecule has 0 saturated carbocycles. The molecule has 0 atom stereocenters. The SMILES string of the molecule is CCSCc1cc(C(F)(F)F)ccc1C(=O)c1c[nH]n(C)c1=O. The fourth-order valence-electron chi connectivity index (χ4n) is 2.09. The molecule has 0 unspecified atom stereocenters. The highest BCUT2D eigenvalue weighted by Crippen LogP contribution is 2.32. The molecule has 23 heavy (non-hydrogen) atoms. The first-order valence-corrected chi connectivity index (χ1v) is 7.98. The number of ketones is 1.